The number of anilines is 1. The van der Waals surface area contributed by atoms with Crippen molar-refractivity contribution in [3.8, 4) is 0 Å². The van der Waals surface area contributed by atoms with Crippen LogP contribution in [-0.4, -0.2) is 199 Å². The summed E-state index contributed by atoms with van der Waals surface area (Å²) >= 11 is 0. The van der Waals surface area contributed by atoms with Crippen LogP contribution in [0.25, 0.3) is 0 Å². The van der Waals surface area contributed by atoms with E-state index >= 15 is 0 Å². The number of aromatic nitrogens is 2. The third-order valence-electron chi connectivity index (χ3n) is 14.4. The second kappa shape index (κ2) is 23.1. The molecule has 1 aromatic carbocycles. The third kappa shape index (κ3) is 12.6. The Bertz CT molecular complexity index is 2400. The van der Waals surface area contributed by atoms with E-state index in [0.717, 1.165) is 4.57 Å². The standard InChI is InChI=1S/C18H23NO8.C11H17N3O5.2C11H20O5/c1-10(24-15(20)11-6-8-12(9-7-11)19(21)22)13-14-18(4,16(23-5)25-13)27-17(2,3)26-14;1-5(15)7-8(16)11(2,18)9(19-7)14-4-3-6(12)13-10(14)17;2*1-6(12)7-8-11(4,9(13-5)14-7)16-10(2,3)15-8/h6-10,13-14,16H,1-5H3;3-5,7-9,15-16,18H,1-2H3,(H2,12,13,17);2*6-9,12H,1-5H3/t10-,13+,14+,16?,18+;5-,7+,8+,9+,11+;6-,7+,8+,9?,11+;6-,7-,8-,9?,11-/m0001/s1. The van der Waals surface area contributed by atoms with Gasteiger partial charge < -0.3 is 97.6 Å². The highest BCUT2D eigenvalue weighted by molar-refractivity contribution is 5.89. The Labute approximate surface area is 452 Å². The van der Waals surface area contributed by atoms with Gasteiger partial charge in [0, 0.05) is 39.7 Å². The molecule has 0 bridgehead atoms. The first-order valence-corrected chi connectivity index (χ1v) is 25.5. The summed E-state index contributed by atoms with van der Waals surface area (Å²) in [4.78, 5) is 37.8. The maximum Gasteiger partial charge on any atom is 0.351 e. The molecular weight excluding hydrogens is 1040 g/mol. The number of carbonyl (C=O) groups is 1. The normalized spacial score (nSPS) is 39.9. The molecule has 2 aromatic rings. The summed E-state index contributed by atoms with van der Waals surface area (Å²) in [5.74, 6) is -2.73. The lowest BCUT2D eigenvalue weighted by molar-refractivity contribution is -0.384. The van der Waals surface area contributed by atoms with Crippen LogP contribution in [0.1, 0.15) is 114 Å². The van der Waals surface area contributed by atoms with E-state index in [2.05, 4.69) is 4.98 Å². The lowest BCUT2D eigenvalue weighted by Gasteiger charge is -2.28. The molecule has 27 heteroatoms. The number of aliphatic hydroxyl groups excluding tert-OH is 4. The van der Waals surface area contributed by atoms with Crippen molar-refractivity contribution >= 4 is 17.5 Å². The minimum Gasteiger partial charge on any atom is -0.456 e. The van der Waals surface area contributed by atoms with Gasteiger partial charge in [-0.15, -0.1) is 0 Å². The van der Waals surface area contributed by atoms with Gasteiger partial charge in [0.2, 0.25) is 0 Å². The highest BCUT2D eigenvalue weighted by Gasteiger charge is 2.67. The van der Waals surface area contributed by atoms with Gasteiger partial charge in [-0.05, 0) is 115 Å². The Morgan fingerprint density at radius 3 is 1.40 bits per heavy atom. The summed E-state index contributed by atoms with van der Waals surface area (Å²) in [5, 5.41) is 59.8. The van der Waals surface area contributed by atoms with E-state index in [9.17, 15) is 45.2 Å². The van der Waals surface area contributed by atoms with Crippen molar-refractivity contribution in [2.24, 2.45) is 0 Å². The number of ether oxygens (including phenoxy) is 14. The zero-order valence-corrected chi connectivity index (χ0v) is 47.2. The molecule has 8 heterocycles. The molecule has 0 saturated carbocycles. The molecule has 27 nitrogen and oxygen atoms in total. The fraction of sp³-hybridized carbons (Fsp3) is 0.784. The number of hydrogen-bond donors (Lipinski definition) is 6. The Hall–Kier alpha value is -3.95. The quantitative estimate of drug-likeness (QED) is 0.106. The van der Waals surface area contributed by atoms with Crippen molar-refractivity contribution in [1.82, 2.24) is 9.55 Å². The van der Waals surface area contributed by atoms with Crippen molar-refractivity contribution in [3.63, 3.8) is 0 Å². The summed E-state index contributed by atoms with van der Waals surface area (Å²) in [6, 6.07) is 6.58. The van der Waals surface area contributed by atoms with Crippen LogP contribution in [-0.2, 0) is 66.3 Å². The van der Waals surface area contributed by atoms with Crippen LogP contribution in [0.3, 0.4) is 0 Å². The van der Waals surface area contributed by atoms with Crippen molar-refractivity contribution in [2.45, 2.75) is 235 Å². The van der Waals surface area contributed by atoms with Crippen molar-refractivity contribution in [3.05, 3.63) is 62.7 Å². The summed E-state index contributed by atoms with van der Waals surface area (Å²) < 4.78 is 80.2. The monoisotopic (exact) mass is 1120 g/mol. The molecule has 7 saturated heterocycles. The highest BCUT2D eigenvalue weighted by Crippen LogP contribution is 2.50. The number of nitrogens with zero attached hydrogens (tertiary/aromatic N) is 3. The largest absolute Gasteiger partial charge is 0.456 e. The zero-order valence-electron chi connectivity index (χ0n) is 47.2. The summed E-state index contributed by atoms with van der Waals surface area (Å²) in [6.45, 7) is 24.4. The summed E-state index contributed by atoms with van der Waals surface area (Å²) in [6.07, 6.45) is -9.31. The molecule has 9 rings (SSSR count). The van der Waals surface area contributed by atoms with Crippen LogP contribution in [0.15, 0.2) is 41.3 Å². The number of aliphatic hydroxyl groups is 5. The van der Waals surface area contributed by atoms with Gasteiger partial charge in [-0.25, -0.2) is 9.59 Å². The van der Waals surface area contributed by atoms with E-state index in [0.29, 0.717) is 0 Å². The molecule has 78 heavy (non-hydrogen) atoms. The van der Waals surface area contributed by atoms with Crippen LogP contribution in [0.5, 0.6) is 0 Å². The van der Waals surface area contributed by atoms with Gasteiger partial charge in [0.15, 0.2) is 42.5 Å². The van der Waals surface area contributed by atoms with E-state index in [1.54, 1.807) is 48.8 Å². The summed E-state index contributed by atoms with van der Waals surface area (Å²) in [7, 11) is 4.63. The topological polar surface area (TPSA) is 351 Å². The minimum atomic E-state index is -1.73. The molecule has 20 atom stereocenters. The zero-order chi connectivity index (χ0) is 58.6. The number of non-ortho nitro benzene ring substituents is 1. The number of nitrogens with two attached hydrogens (primary N) is 1. The number of nitrogen functional groups attached to an aromatic ring is 1. The Kier molecular flexibility index (Phi) is 18.7. The van der Waals surface area contributed by atoms with Gasteiger partial charge in [0.05, 0.1) is 28.8 Å². The van der Waals surface area contributed by atoms with Crippen LogP contribution in [0.4, 0.5) is 11.5 Å². The predicted octanol–water partition coefficient (Wildman–Crippen LogP) is 1.93. The first-order valence-electron chi connectivity index (χ1n) is 25.5. The van der Waals surface area contributed by atoms with E-state index < -0.39 is 142 Å². The molecule has 442 valence electrons. The molecule has 1 aromatic heterocycles. The smallest absolute Gasteiger partial charge is 0.351 e. The maximum atomic E-state index is 12.4. The van der Waals surface area contributed by atoms with E-state index in [-0.39, 0.29) is 29.3 Å². The van der Waals surface area contributed by atoms with E-state index in [1.165, 1.54) is 57.5 Å². The number of hydrogen-bond acceptors (Lipinski definition) is 25. The predicted molar refractivity (Wildman–Crippen MR) is 269 cm³/mol. The van der Waals surface area contributed by atoms with Crippen LogP contribution < -0.4 is 11.4 Å². The fourth-order valence-corrected chi connectivity index (χ4v) is 11.0. The SMILES string of the molecule is COC1O[C@H]([C@@H](C)O)[C@H]2OC(C)(C)O[C@@]12C.COC1O[C@H]([C@H](C)O)[C@H]2OC(C)(C)O[C@@]12C.COC1O[C@H]([C@H](C)OC(=O)c2ccc([N+](=O)[O-])cc2)[C@H]2OC(C)(C)O[C@@]12C.C[C@H](O)[C@H]1O[C@@H](n2ccc(N)nc2=O)[C@](C)(O)[C@@H]1O. The summed E-state index contributed by atoms with van der Waals surface area (Å²) in [5.41, 5.74) is 0.880. The van der Waals surface area contributed by atoms with Crippen molar-refractivity contribution in [2.75, 3.05) is 27.1 Å². The number of fused-ring (bicyclic) bond motifs is 3. The molecule has 0 aliphatic carbocycles. The number of methoxy groups -OCH3 is 3. The minimum absolute atomic E-state index is 0.0477. The lowest BCUT2D eigenvalue weighted by atomic mass is 9.94. The van der Waals surface area contributed by atoms with E-state index in [1.807, 2.05) is 48.5 Å². The van der Waals surface area contributed by atoms with Crippen LogP contribution >= 0.6 is 0 Å². The van der Waals surface area contributed by atoms with Crippen molar-refractivity contribution in [1.29, 1.82) is 0 Å². The molecule has 7 aliphatic rings. The lowest BCUT2D eigenvalue weighted by Crippen LogP contribution is -2.47. The number of benzene rings is 1. The molecule has 0 radical (unpaired) electrons. The molecule has 3 unspecified atom stereocenters. The van der Waals surface area contributed by atoms with Crippen molar-refractivity contribution < 1.29 is 102 Å². The molecule has 0 amide bonds. The Morgan fingerprint density at radius 1 is 0.667 bits per heavy atom. The number of esters is 1. The van der Waals surface area contributed by atoms with Gasteiger partial charge in [0.1, 0.15) is 83.2 Å². The number of rotatable bonds is 11. The Balaban J connectivity index is 0.000000173. The molecule has 0 spiro atoms. The van der Waals surface area contributed by atoms with Gasteiger partial charge in [-0.3, -0.25) is 14.7 Å². The number of nitro groups is 1. The molecule has 7 aliphatic heterocycles. The number of nitro benzene ring substituents is 1. The first kappa shape index (κ1) is 63.2. The molecule has 7 N–H and O–H groups in total. The third-order valence-corrected chi connectivity index (χ3v) is 14.4. The van der Waals surface area contributed by atoms with Crippen LogP contribution in [0, 0.1) is 10.1 Å². The van der Waals surface area contributed by atoms with Gasteiger partial charge in [0.25, 0.3) is 5.69 Å². The molecular formula is C51H80N4O23. The van der Waals surface area contributed by atoms with Crippen LogP contribution in [0.2, 0.25) is 0 Å². The second-order valence-corrected chi connectivity index (χ2v) is 22.5. The maximum absolute atomic E-state index is 12.4. The second-order valence-electron chi connectivity index (χ2n) is 22.5. The average molecular weight is 1120 g/mol. The Morgan fingerprint density at radius 2 is 1.05 bits per heavy atom. The van der Waals surface area contributed by atoms with Gasteiger partial charge in [-0.2, -0.15) is 4.98 Å². The van der Waals surface area contributed by atoms with E-state index in [4.69, 9.17) is 72.0 Å². The highest BCUT2D eigenvalue weighted by atomic mass is 16.8. The van der Waals surface area contributed by atoms with Gasteiger partial charge >= 0.3 is 11.7 Å². The first-order chi connectivity index (χ1) is 35.9. The average Bonchev–Trinajstić information content (AvgIpc) is 4.11. The fourth-order valence-electron chi connectivity index (χ4n) is 11.0. The number of carbonyl (C=O) groups excluding carboxylic acids is 1. The van der Waals surface area contributed by atoms with Gasteiger partial charge in [-0.1, -0.05) is 0 Å². The molecule has 7 fully saturated rings.